The van der Waals surface area contributed by atoms with Gasteiger partial charge in [-0.05, 0) is 26.0 Å². The number of H-pyrrole nitrogens is 1. The number of rotatable bonds is 4. The lowest BCUT2D eigenvalue weighted by Crippen LogP contribution is -2.23. The van der Waals surface area contributed by atoms with Crippen LogP contribution in [0.3, 0.4) is 0 Å². The number of pyridine rings is 1. The van der Waals surface area contributed by atoms with E-state index >= 15 is 0 Å². The highest BCUT2D eigenvalue weighted by Crippen LogP contribution is 2.17. The molecule has 8 nitrogen and oxygen atoms in total. The van der Waals surface area contributed by atoms with Crippen LogP contribution in [0.2, 0.25) is 0 Å². The average Bonchev–Trinajstić information content (AvgIpc) is 2.84. The molecule has 0 fully saturated rings. The molecule has 0 aliphatic carbocycles. The Bertz CT molecular complexity index is 676. The van der Waals surface area contributed by atoms with Crippen LogP contribution in [0.5, 0.6) is 0 Å². The van der Waals surface area contributed by atoms with Gasteiger partial charge in [0.15, 0.2) is 0 Å². The molecule has 0 atom stereocenters. The number of anilines is 1. The zero-order chi connectivity index (χ0) is 16.1. The van der Waals surface area contributed by atoms with E-state index in [2.05, 4.69) is 30.6 Å². The lowest BCUT2D eigenvalue weighted by Gasteiger charge is -2.07. The van der Waals surface area contributed by atoms with Crippen LogP contribution in [0.25, 0.3) is 0 Å². The summed E-state index contributed by atoms with van der Waals surface area (Å²) < 4.78 is 4.48. The second-order valence-corrected chi connectivity index (χ2v) is 4.64. The molecule has 116 valence electrons. The molecular formula is C14H17N5O3. The Morgan fingerprint density at radius 3 is 2.77 bits per heavy atom. The van der Waals surface area contributed by atoms with Crippen molar-refractivity contribution in [2.45, 2.75) is 20.4 Å². The highest BCUT2D eigenvalue weighted by Gasteiger charge is 2.12. The van der Waals surface area contributed by atoms with Gasteiger partial charge in [0, 0.05) is 11.8 Å². The maximum absolute atomic E-state index is 12.3. The van der Waals surface area contributed by atoms with Gasteiger partial charge >= 0.3 is 6.09 Å². The van der Waals surface area contributed by atoms with Crippen molar-refractivity contribution >= 4 is 17.7 Å². The summed E-state index contributed by atoms with van der Waals surface area (Å²) in [6.07, 6.45) is 0.958. The first-order valence-corrected chi connectivity index (χ1v) is 6.61. The fourth-order valence-electron chi connectivity index (χ4n) is 1.87. The van der Waals surface area contributed by atoms with Crippen LogP contribution in [0.4, 0.5) is 10.5 Å². The lowest BCUT2D eigenvalue weighted by atomic mass is 10.2. The second kappa shape index (κ2) is 6.70. The summed E-state index contributed by atoms with van der Waals surface area (Å²) in [6.45, 7) is 3.81. The number of alkyl carbamates (subject to hydrolysis) is 1. The van der Waals surface area contributed by atoms with Gasteiger partial charge in [-0.1, -0.05) is 0 Å². The van der Waals surface area contributed by atoms with E-state index in [-0.39, 0.29) is 12.5 Å². The molecule has 8 heteroatoms. The summed E-state index contributed by atoms with van der Waals surface area (Å²) in [4.78, 5) is 27.4. The topological polar surface area (TPSA) is 109 Å². The number of ether oxygens (including phenoxy) is 1. The normalized spacial score (nSPS) is 10.1. The predicted octanol–water partition coefficient (Wildman–Crippen LogP) is 1.53. The summed E-state index contributed by atoms with van der Waals surface area (Å²) in [7, 11) is 1.28. The number of aromatic nitrogens is 3. The summed E-state index contributed by atoms with van der Waals surface area (Å²) in [5, 5.41) is 12.1. The maximum Gasteiger partial charge on any atom is 0.407 e. The van der Waals surface area contributed by atoms with Crippen LogP contribution in [0, 0.1) is 13.8 Å². The molecule has 2 rings (SSSR count). The third kappa shape index (κ3) is 3.60. The zero-order valence-electron chi connectivity index (χ0n) is 12.6. The van der Waals surface area contributed by atoms with Gasteiger partial charge in [-0.2, -0.15) is 5.10 Å². The molecule has 2 aromatic heterocycles. The highest BCUT2D eigenvalue weighted by atomic mass is 16.5. The van der Waals surface area contributed by atoms with Crippen molar-refractivity contribution in [3.63, 3.8) is 0 Å². The zero-order valence-corrected chi connectivity index (χ0v) is 12.6. The van der Waals surface area contributed by atoms with Crippen molar-refractivity contribution in [2.24, 2.45) is 0 Å². The number of hydrogen-bond acceptors (Lipinski definition) is 5. The first-order chi connectivity index (χ1) is 10.5. The van der Waals surface area contributed by atoms with E-state index in [9.17, 15) is 9.59 Å². The number of carbonyl (C=O) groups excluding carboxylic acids is 2. The Labute approximate surface area is 127 Å². The summed E-state index contributed by atoms with van der Waals surface area (Å²) in [5.74, 6) is -0.269. The SMILES string of the molecule is COC(=O)NCc1cc(C(=O)Nc2c(C)n[nH]c2C)ccn1. The smallest absolute Gasteiger partial charge is 0.407 e. The van der Waals surface area contributed by atoms with Crippen molar-refractivity contribution in [2.75, 3.05) is 12.4 Å². The second-order valence-electron chi connectivity index (χ2n) is 4.64. The van der Waals surface area contributed by atoms with Crippen LogP contribution in [0.1, 0.15) is 27.4 Å². The number of nitrogens with zero attached hydrogens (tertiary/aromatic N) is 2. The number of carbonyl (C=O) groups is 2. The van der Waals surface area contributed by atoms with Gasteiger partial charge in [0.1, 0.15) is 0 Å². The molecule has 0 radical (unpaired) electrons. The third-order valence-electron chi connectivity index (χ3n) is 3.04. The minimum atomic E-state index is -0.554. The van der Waals surface area contributed by atoms with Crippen LogP contribution in [-0.4, -0.2) is 34.3 Å². The molecule has 0 aromatic carbocycles. The van der Waals surface area contributed by atoms with Gasteiger partial charge in [-0.25, -0.2) is 4.79 Å². The monoisotopic (exact) mass is 303 g/mol. The van der Waals surface area contributed by atoms with E-state index in [1.807, 2.05) is 6.92 Å². The van der Waals surface area contributed by atoms with Gasteiger partial charge in [-0.3, -0.25) is 14.9 Å². The molecule has 0 aliphatic rings. The number of methoxy groups -OCH3 is 1. The van der Waals surface area contributed by atoms with Crippen LogP contribution in [-0.2, 0) is 11.3 Å². The number of aryl methyl sites for hydroxylation is 2. The Morgan fingerprint density at radius 2 is 2.14 bits per heavy atom. The fraction of sp³-hybridized carbons (Fsp3) is 0.286. The first kappa shape index (κ1) is 15.5. The van der Waals surface area contributed by atoms with E-state index in [0.717, 1.165) is 5.69 Å². The first-order valence-electron chi connectivity index (χ1n) is 6.61. The quantitative estimate of drug-likeness (QED) is 0.793. The van der Waals surface area contributed by atoms with Crippen molar-refractivity contribution in [3.8, 4) is 0 Å². The molecule has 0 saturated heterocycles. The van der Waals surface area contributed by atoms with Crippen LogP contribution >= 0.6 is 0 Å². The molecule has 0 bridgehead atoms. The standard InChI is InChI=1S/C14H17N5O3/c1-8-12(9(2)19-18-8)17-13(20)10-4-5-15-11(6-10)7-16-14(21)22-3/h4-6H,7H2,1-3H3,(H,16,21)(H,17,20)(H,18,19). The Morgan fingerprint density at radius 1 is 1.36 bits per heavy atom. The molecular weight excluding hydrogens is 286 g/mol. The Kier molecular flexibility index (Phi) is 4.72. The van der Waals surface area contributed by atoms with E-state index in [1.165, 1.54) is 13.3 Å². The number of amides is 2. The van der Waals surface area contributed by atoms with E-state index < -0.39 is 6.09 Å². The summed E-state index contributed by atoms with van der Waals surface area (Å²) in [5.41, 5.74) is 3.16. The molecule has 0 spiro atoms. The molecule has 0 unspecified atom stereocenters. The largest absolute Gasteiger partial charge is 0.453 e. The average molecular weight is 303 g/mol. The minimum Gasteiger partial charge on any atom is -0.453 e. The maximum atomic E-state index is 12.3. The van der Waals surface area contributed by atoms with Crippen LogP contribution in [0.15, 0.2) is 18.3 Å². The predicted molar refractivity (Wildman–Crippen MR) is 79.5 cm³/mol. The van der Waals surface area contributed by atoms with Gasteiger partial charge < -0.3 is 15.4 Å². The van der Waals surface area contributed by atoms with Crippen molar-refractivity contribution in [3.05, 3.63) is 41.0 Å². The van der Waals surface area contributed by atoms with Crippen molar-refractivity contribution < 1.29 is 14.3 Å². The van der Waals surface area contributed by atoms with E-state index in [0.29, 0.717) is 22.6 Å². The minimum absolute atomic E-state index is 0.178. The molecule has 22 heavy (non-hydrogen) atoms. The fourth-order valence-corrected chi connectivity index (χ4v) is 1.87. The van der Waals surface area contributed by atoms with Gasteiger partial charge in [0.2, 0.25) is 0 Å². The molecule has 2 amide bonds. The lowest BCUT2D eigenvalue weighted by molar-refractivity contribution is 0.102. The van der Waals surface area contributed by atoms with Gasteiger partial charge in [0.05, 0.1) is 36.4 Å². The molecule has 0 saturated carbocycles. The van der Waals surface area contributed by atoms with Gasteiger partial charge in [0.25, 0.3) is 5.91 Å². The Hall–Kier alpha value is -2.90. The third-order valence-corrected chi connectivity index (χ3v) is 3.04. The number of hydrogen-bond donors (Lipinski definition) is 3. The molecule has 3 N–H and O–H groups in total. The van der Waals surface area contributed by atoms with E-state index in [1.54, 1.807) is 19.1 Å². The molecule has 2 aromatic rings. The number of nitrogens with one attached hydrogen (secondary N) is 3. The van der Waals surface area contributed by atoms with E-state index in [4.69, 9.17) is 0 Å². The molecule has 2 heterocycles. The van der Waals surface area contributed by atoms with Crippen molar-refractivity contribution in [1.29, 1.82) is 0 Å². The van der Waals surface area contributed by atoms with Gasteiger partial charge in [-0.15, -0.1) is 0 Å². The summed E-state index contributed by atoms with van der Waals surface area (Å²) >= 11 is 0. The van der Waals surface area contributed by atoms with Crippen molar-refractivity contribution in [1.82, 2.24) is 20.5 Å². The van der Waals surface area contributed by atoms with Crippen LogP contribution < -0.4 is 10.6 Å². The Balaban J connectivity index is 2.08. The molecule has 0 aliphatic heterocycles. The number of aromatic amines is 1. The summed E-state index contributed by atoms with van der Waals surface area (Å²) in [6, 6.07) is 3.21. The highest BCUT2D eigenvalue weighted by molar-refractivity contribution is 6.04.